The molecule has 0 aromatic heterocycles. The van der Waals surface area contributed by atoms with Crippen LogP contribution in [0.1, 0.15) is 33.4 Å². The molecule has 9 rings (SSSR count). The SMILES string of the molecule is COc1ccc(O[C@@H]2O[C@H](COCc3ccccc3)[C@@H](O[C@@H]3O[C@H](COS(=O)(=O)c4ccc(C)cc4)[C@@H](O)[C@H](OCc4ccccc4)[C@H]3OCc3ccccc3)[C@H](OCc3ccccc3)[C@H]2OCc2ccccc2)cc1. The van der Waals surface area contributed by atoms with E-state index in [0.29, 0.717) is 11.5 Å². The summed E-state index contributed by atoms with van der Waals surface area (Å²) in [5.74, 6) is 1.12. The Morgan fingerprint density at radius 1 is 0.447 bits per heavy atom. The minimum atomic E-state index is -4.33. The van der Waals surface area contributed by atoms with Crippen LogP contribution in [0.15, 0.2) is 205 Å². The summed E-state index contributed by atoms with van der Waals surface area (Å²) in [5.41, 5.74) is 5.22. The van der Waals surface area contributed by atoms with Crippen LogP contribution in [0.3, 0.4) is 0 Å². The van der Waals surface area contributed by atoms with E-state index in [1.807, 2.05) is 159 Å². The molecule has 2 saturated heterocycles. The Bertz CT molecular complexity index is 2890. The third kappa shape index (κ3) is 15.0. The van der Waals surface area contributed by atoms with Gasteiger partial charge in [-0.15, -0.1) is 0 Å². The number of aliphatic hydroxyl groups excluding tert-OH is 1. The molecule has 0 radical (unpaired) electrons. The standard InChI is InChI=1S/C61H64O14S/c1-43-28-34-51(35-29-43)76(63,64)71-42-52-54(62)56(67-37-45-20-10-4-11-21-45)58(69-39-47-24-14-6-15-25-47)61(73-52)75-55-53(41-66-36-44-18-8-3-9-19-44)74-60(72-50-32-30-49(65-2)31-33-50)59(70-40-48-26-16-7-17-27-48)57(55)68-38-46-22-12-5-13-23-46/h3-35,52-62H,36-42H2,1-2H3/t52-,53-,54-,55-,56+,57+,58-,59-,60-,61+/m1/s1. The molecule has 2 aliphatic rings. The highest BCUT2D eigenvalue weighted by Crippen LogP contribution is 2.37. The second kappa shape index (κ2) is 27.1. The molecule has 7 aromatic rings. The first-order chi connectivity index (χ1) is 37.2. The van der Waals surface area contributed by atoms with Crippen molar-refractivity contribution in [3.05, 3.63) is 234 Å². The molecule has 1 N–H and O–H groups in total. The van der Waals surface area contributed by atoms with E-state index in [1.54, 1.807) is 43.5 Å². The molecular weight excluding hydrogens is 989 g/mol. The van der Waals surface area contributed by atoms with Crippen molar-refractivity contribution < 1.29 is 65.1 Å². The molecule has 15 heteroatoms. The van der Waals surface area contributed by atoms with Gasteiger partial charge in [0.15, 0.2) is 6.29 Å². The van der Waals surface area contributed by atoms with Crippen LogP contribution in [-0.2, 0) is 85.2 Å². The number of aryl methyl sites for hydroxylation is 1. The summed E-state index contributed by atoms with van der Waals surface area (Å²) in [5, 5.41) is 12.4. The van der Waals surface area contributed by atoms with E-state index < -0.39 is 78.1 Å². The molecule has 2 fully saturated rings. The summed E-state index contributed by atoms with van der Waals surface area (Å²) in [6, 6.07) is 61.7. The van der Waals surface area contributed by atoms with Crippen molar-refractivity contribution >= 4 is 10.1 Å². The van der Waals surface area contributed by atoms with Gasteiger partial charge >= 0.3 is 0 Å². The van der Waals surface area contributed by atoms with Crippen LogP contribution in [-0.4, -0.2) is 95.3 Å². The van der Waals surface area contributed by atoms with Crippen molar-refractivity contribution in [3.63, 3.8) is 0 Å². The van der Waals surface area contributed by atoms with E-state index in [9.17, 15) is 13.5 Å². The molecule has 398 valence electrons. The number of rotatable bonds is 25. The maximum absolute atomic E-state index is 13.8. The molecule has 2 aliphatic heterocycles. The molecule has 0 saturated carbocycles. The summed E-state index contributed by atoms with van der Waals surface area (Å²) in [4.78, 5) is -0.0544. The lowest BCUT2D eigenvalue weighted by Crippen LogP contribution is -2.66. The minimum Gasteiger partial charge on any atom is -0.497 e. The highest BCUT2D eigenvalue weighted by atomic mass is 32.2. The van der Waals surface area contributed by atoms with Crippen molar-refractivity contribution in [2.45, 2.75) is 106 Å². The average Bonchev–Trinajstić information content (AvgIpc) is 3.48. The van der Waals surface area contributed by atoms with E-state index in [2.05, 4.69) is 0 Å². The number of hydrogen-bond donors (Lipinski definition) is 1. The summed E-state index contributed by atoms with van der Waals surface area (Å²) >= 11 is 0. The molecule has 2 heterocycles. The van der Waals surface area contributed by atoms with E-state index in [4.69, 9.17) is 51.6 Å². The first kappa shape index (κ1) is 54.5. The quantitative estimate of drug-likeness (QED) is 0.0540. The van der Waals surface area contributed by atoms with E-state index in [-0.39, 0.29) is 44.5 Å². The Morgan fingerprint density at radius 3 is 1.36 bits per heavy atom. The lowest BCUT2D eigenvalue weighted by molar-refractivity contribution is -0.368. The van der Waals surface area contributed by atoms with Gasteiger partial charge in [0, 0.05) is 0 Å². The molecule has 0 spiro atoms. The molecule has 0 amide bonds. The average molecular weight is 1050 g/mol. The molecule has 7 aromatic carbocycles. The van der Waals surface area contributed by atoms with Gasteiger partial charge in [-0.25, -0.2) is 0 Å². The predicted octanol–water partition coefficient (Wildman–Crippen LogP) is 9.54. The fourth-order valence-corrected chi connectivity index (χ4v) is 9.87. The van der Waals surface area contributed by atoms with Crippen LogP contribution < -0.4 is 9.47 Å². The molecular formula is C61H64O14S. The Hall–Kier alpha value is -6.31. The fourth-order valence-electron chi connectivity index (χ4n) is 8.95. The van der Waals surface area contributed by atoms with Crippen molar-refractivity contribution in [2.75, 3.05) is 20.3 Å². The minimum absolute atomic E-state index is 0.0290. The second-order valence-electron chi connectivity index (χ2n) is 18.6. The van der Waals surface area contributed by atoms with Crippen LogP contribution in [0.2, 0.25) is 0 Å². The van der Waals surface area contributed by atoms with E-state index >= 15 is 0 Å². The van der Waals surface area contributed by atoms with E-state index in [0.717, 1.165) is 33.4 Å². The van der Waals surface area contributed by atoms with Crippen molar-refractivity contribution in [1.82, 2.24) is 0 Å². The molecule has 10 atom stereocenters. The smallest absolute Gasteiger partial charge is 0.297 e. The molecule has 14 nitrogen and oxygen atoms in total. The Labute approximate surface area is 445 Å². The molecule has 76 heavy (non-hydrogen) atoms. The van der Waals surface area contributed by atoms with Crippen LogP contribution in [0.25, 0.3) is 0 Å². The topological polar surface area (TPSA) is 156 Å². The first-order valence-electron chi connectivity index (χ1n) is 25.3. The van der Waals surface area contributed by atoms with Gasteiger partial charge in [0.2, 0.25) is 6.29 Å². The highest BCUT2D eigenvalue weighted by molar-refractivity contribution is 7.86. The number of methoxy groups -OCH3 is 1. The molecule has 0 aliphatic carbocycles. The highest BCUT2D eigenvalue weighted by Gasteiger charge is 2.54. The van der Waals surface area contributed by atoms with Crippen molar-refractivity contribution in [3.8, 4) is 11.5 Å². The number of aliphatic hydroxyl groups is 1. The zero-order valence-electron chi connectivity index (χ0n) is 42.4. The third-order valence-corrected chi connectivity index (χ3v) is 14.3. The van der Waals surface area contributed by atoms with Crippen LogP contribution in [0.4, 0.5) is 0 Å². The van der Waals surface area contributed by atoms with Gasteiger partial charge in [0.1, 0.15) is 60.3 Å². The lowest BCUT2D eigenvalue weighted by Gasteiger charge is -2.49. The lowest BCUT2D eigenvalue weighted by atomic mass is 9.96. The number of benzene rings is 7. The normalized spacial score (nSPS) is 23.7. The van der Waals surface area contributed by atoms with Gasteiger partial charge in [-0.2, -0.15) is 8.42 Å². The Kier molecular flexibility index (Phi) is 19.5. The Balaban J connectivity index is 1.12. The van der Waals surface area contributed by atoms with Crippen LogP contribution in [0, 0.1) is 6.92 Å². The summed E-state index contributed by atoms with van der Waals surface area (Å²) < 4.78 is 100. The summed E-state index contributed by atoms with van der Waals surface area (Å²) in [7, 11) is -2.74. The fraction of sp³-hybridized carbons (Fsp3) is 0.311. The van der Waals surface area contributed by atoms with Crippen LogP contribution >= 0.6 is 0 Å². The molecule has 0 unspecified atom stereocenters. The zero-order valence-corrected chi connectivity index (χ0v) is 43.3. The largest absolute Gasteiger partial charge is 0.497 e. The summed E-state index contributed by atoms with van der Waals surface area (Å²) in [6.07, 6.45) is -11.7. The maximum atomic E-state index is 13.8. The van der Waals surface area contributed by atoms with Gasteiger partial charge in [-0.3, -0.25) is 4.18 Å². The predicted molar refractivity (Wildman–Crippen MR) is 282 cm³/mol. The van der Waals surface area contributed by atoms with Crippen molar-refractivity contribution in [1.29, 1.82) is 0 Å². The molecule has 0 bridgehead atoms. The van der Waals surface area contributed by atoms with Gasteiger partial charge in [0.05, 0.1) is 58.3 Å². The van der Waals surface area contributed by atoms with Gasteiger partial charge in [0.25, 0.3) is 10.1 Å². The monoisotopic (exact) mass is 1050 g/mol. The zero-order chi connectivity index (χ0) is 52.5. The van der Waals surface area contributed by atoms with E-state index in [1.165, 1.54) is 12.1 Å². The van der Waals surface area contributed by atoms with Gasteiger partial charge in [-0.05, 0) is 71.1 Å². The maximum Gasteiger partial charge on any atom is 0.297 e. The third-order valence-electron chi connectivity index (χ3n) is 13.0. The summed E-state index contributed by atoms with van der Waals surface area (Å²) in [6.45, 7) is 1.85. The second-order valence-corrected chi connectivity index (χ2v) is 20.2. The van der Waals surface area contributed by atoms with Gasteiger partial charge in [-0.1, -0.05) is 169 Å². The van der Waals surface area contributed by atoms with Crippen LogP contribution in [0.5, 0.6) is 11.5 Å². The first-order valence-corrected chi connectivity index (χ1v) is 26.7. The number of hydrogen-bond acceptors (Lipinski definition) is 14. The Morgan fingerprint density at radius 2 is 0.868 bits per heavy atom. The van der Waals surface area contributed by atoms with Crippen molar-refractivity contribution in [2.24, 2.45) is 0 Å². The van der Waals surface area contributed by atoms with Gasteiger partial charge < -0.3 is 52.5 Å². The number of ether oxygens (including phenoxy) is 10.